The molecule has 0 bridgehead atoms. The number of nitrogens with one attached hydrogen (secondary N) is 1. The van der Waals surface area contributed by atoms with Crippen LogP contribution >= 0.6 is 0 Å². The highest BCUT2D eigenvalue weighted by atomic mass is 15.2. The van der Waals surface area contributed by atoms with Crippen LogP contribution in [0.5, 0.6) is 0 Å². The predicted octanol–water partition coefficient (Wildman–Crippen LogP) is 1.22. The summed E-state index contributed by atoms with van der Waals surface area (Å²) in [5.74, 6) is 0.699. The molecule has 1 heterocycles. The zero-order valence-corrected chi connectivity index (χ0v) is 9.29. The van der Waals surface area contributed by atoms with Crippen molar-refractivity contribution in [2.45, 2.75) is 32.7 Å². The van der Waals surface area contributed by atoms with Gasteiger partial charge in [-0.2, -0.15) is 5.26 Å². The largest absolute Gasteiger partial charge is 0.311 e. The minimum atomic E-state index is 0.372. The van der Waals surface area contributed by atoms with Crippen LogP contribution in [0.1, 0.15) is 26.7 Å². The molecule has 1 rings (SSSR count). The fourth-order valence-corrected chi connectivity index (χ4v) is 2.07. The topological polar surface area (TPSA) is 39.1 Å². The summed E-state index contributed by atoms with van der Waals surface area (Å²) in [7, 11) is 0. The molecule has 0 saturated carbocycles. The Hall–Kier alpha value is -0.590. The first kappa shape index (κ1) is 11.5. The molecule has 0 aromatic heterocycles. The molecule has 14 heavy (non-hydrogen) atoms. The molecule has 0 aliphatic carbocycles. The van der Waals surface area contributed by atoms with Gasteiger partial charge in [-0.1, -0.05) is 13.8 Å². The first-order valence-corrected chi connectivity index (χ1v) is 5.59. The van der Waals surface area contributed by atoms with Gasteiger partial charge in [0, 0.05) is 19.1 Å². The average molecular weight is 195 g/mol. The van der Waals surface area contributed by atoms with Crippen molar-refractivity contribution in [1.82, 2.24) is 10.2 Å². The van der Waals surface area contributed by atoms with E-state index in [0.717, 1.165) is 19.6 Å². The predicted molar refractivity (Wildman–Crippen MR) is 57.9 cm³/mol. The van der Waals surface area contributed by atoms with Crippen LogP contribution < -0.4 is 5.32 Å². The lowest BCUT2D eigenvalue weighted by Gasteiger charge is -2.23. The molecular formula is C11H21N3. The minimum absolute atomic E-state index is 0.372. The van der Waals surface area contributed by atoms with Crippen LogP contribution in [-0.4, -0.2) is 37.1 Å². The van der Waals surface area contributed by atoms with Gasteiger partial charge in [0.1, 0.15) is 0 Å². The summed E-state index contributed by atoms with van der Waals surface area (Å²) < 4.78 is 0. The molecule has 1 saturated heterocycles. The molecule has 0 aromatic rings. The molecule has 0 spiro atoms. The summed E-state index contributed by atoms with van der Waals surface area (Å²) in [6.07, 6.45) is 1.83. The summed E-state index contributed by atoms with van der Waals surface area (Å²) in [5, 5.41) is 12.1. The van der Waals surface area contributed by atoms with E-state index in [9.17, 15) is 0 Å². The highest BCUT2D eigenvalue weighted by molar-refractivity contribution is 4.86. The van der Waals surface area contributed by atoms with Crippen molar-refractivity contribution >= 4 is 0 Å². The summed E-state index contributed by atoms with van der Waals surface area (Å²) in [5.41, 5.74) is 0. The van der Waals surface area contributed by atoms with Gasteiger partial charge in [0.2, 0.25) is 0 Å². The Morgan fingerprint density at radius 3 is 2.93 bits per heavy atom. The fourth-order valence-electron chi connectivity index (χ4n) is 2.07. The molecule has 1 aliphatic rings. The monoisotopic (exact) mass is 195 g/mol. The molecule has 2 atom stereocenters. The van der Waals surface area contributed by atoms with Crippen molar-refractivity contribution in [3.63, 3.8) is 0 Å². The van der Waals surface area contributed by atoms with Crippen molar-refractivity contribution in [1.29, 1.82) is 5.26 Å². The van der Waals surface area contributed by atoms with Gasteiger partial charge < -0.3 is 10.2 Å². The van der Waals surface area contributed by atoms with Crippen LogP contribution in [0.25, 0.3) is 0 Å². The quantitative estimate of drug-likeness (QED) is 0.736. The fraction of sp³-hybridized carbons (Fsp3) is 0.909. The van der Waals surface area contributed by atoms with E-state index in [0.29, 0.717) is 18.4 Å². The van der Waals surface area contributed by atoms with E-state index in [1.54, 1.807) is 0 Å². The standard InChI is InChI=1S/C11H21N3/c1-3-6-14-8-10(2)7-13-11(9-14)4-5-12/h10-11,13H,3-4,6-9H2,1-2H3. The molecule has 1 aliphatic heterocycles. The third-order valence-corrected chi connectivity index (χ3v) is 2.68. The summed E-state index contributed by atoms with van der Waals surface area (Å²) in [4.78, 5) is 2.48. The Balaban J connectivity index is 2.46. The van der Waals surface area contributed by atoms with Crippen LogP contribution in [0, 0.1) is 17.2 Å². The maximum absolute atomic E-state index is 8.68. The van der Waals surface area contributed by atoms with Gasteiger partial charge >= 0.3 is 0 Å². The van der Waals surface area contributed by atoms with Crippen molar-refractivity contribution in [2.24, 2.45) is 5.92 Å². The Morgan fingerprint density at radius 2 is 2.29 bits per heavy atom. The number of hydrogen-bond donors (Lipinski definition) is 1. The third kappa shape index (κ3) is 3.65. The van der Waals surface area contributed by atoms with E-state index in [4.69, 9.17) is 5.26 Å². The third-order valence-electron chi connectivity index (χ3n) is 2.68. The van der Waals surface area contributed by atoms with E-state index in [2.05, 4.69) is 30.1 Å². The van der Waals surface area contributed by atoms with Gasteiger partial charge in [-0.3, -0.25) is 0 Å². The molecule has 80 valence electrons. The summed E-state index contributed by atoms with van der Waals surface area (Å²) in [6.45, 7) is 8.89. The van der Waals surface area contributed by atoms with Gasteiger partial charge in [-0.25, -0.2) is 0 Å². The molecule has 3 nitrogen and oxygen atoms in total. The van der Waals surface area contributed by atoms with Crippen LogP contribution in [0.4, 0.5) is 0 Å². The molecule has 3 heteroatoms. The Bertz CT molecular complexity index is 197. The van der Waals surface area contributed by atoms with Gasteiger partial charge in [-0.15, -0.1) is 0 Å². The Morgan fingerprint density at radius 1 is 1.50 bits per heavy atom. The van der Waals surface area contributed by atoms with E-state index in [1.165, 1.54) is 13.0 Å². The average Bonchev–Trinajstić information content (AvgIpc) is 2.30. The second-order valence-corrected chi connectivity index (χ2v) is 4.33. The maximum Gasteiger partial charge on any atom is 0.0638 e. The van der Waals surface area contributed by atoms with E-state index < -0.39 is 0 Å². The maximum atomic E-state index is 8.68. The molecule has 0 aromatic carbocycles. The van der Waals surface area contributed by atoms with Crippen molar-refractivity contribution in [3.05, 3.63) is 0 Å². The summed E-state index contributed by atoms with van der Waals surface area (Å²) in [6, 6.07) is 2.63. The van der Waals surface area contributed by atoms with Crippen LogP contribution in [0.3, 0.4) is 0 Å². The van der Waals surface area contributed by atoms with Crippen LogP contribution in [-0.2, 0) is 0 Å². The number of rotatable bonds is 3. The summed E-state index contributed by atoms with van der Waals surface area (Å²) >= 11 is 0. The van der Waals surface area contributed by atoms with Gasteiger partial charge in [-0.05, 0) is 25.4 Å². The van der Waals surface area contributed by atoms with E-state index >= 15 is 0 Å². The molecule has 0 radical (unpaired) electrons. The zero-order chi connectivity index (χ0) is 10.4. The number of nitriles is 1. The van der Waals surface area contributed by atoms with Gasteiger partial charge in [0.05, 0.1) is 12.5 Å². The molecule has 0 amide bonds. The normalized spacial score (nSPS) is 29.5. The lowest BCUT2D eigenvalue weighted by atomic mass is 10.2. The van der Waals surface area contributed by atoms with Gasteiger partial charge in [0.25, 0.3) is 0 Å². The highest BCUT2D eigenvalue weighted by Crippen LogP contribution is 2.08. The van der Waals surface area contributed by atoms with Crippen molar-refractivity contribution in [3.8, 4) is 6.07 Å². The van der Waals surface area contributed by atoms with Crippen LogP contribution in [0.15, 0.2) is 0 Å². The van der Waals surface area contributed by atoms with E-state index in [-0.39, 0.29) is 0 Å². The highest BCUT2D eigenvalue weighted by Gasteiger charge is 2.20. The number of hydrogen-bond acceptors (Lipinski definition) is 3. The lowest BCUT2D eigenvalue weighted by Crippen LogP contribution is -2.37. The molecular weight excluding hydrogens is 174 g/mol. The lowest BCUT2D eigenvalue weighted by molar-refractivity contribution is 0.249. The molecule has 2 unspecified atom stereocenters. The number of nitrogens with zero attached hydrogens (tertiary/aromatic N) is 2. The van der Waals surface area contributed by atoms with Crippen LogP contribution in [0.2, 0.25) is 0 Å². The smallest absolute Gasteiger partial charge is 0.0638 e. The van der Waals surface area contributed by atoms with Crippen molar-refractivity contribution < 1.29 is 0 Å². The first-order chi connectivity index (χ1) is 6.76. The van der Waals surface area contributed by atoms with E-state index in [1.807, 2.05) is 0 Å². The second-order valence-electron chi connectivity index (χ2n) is 4.33. The Labute approximate surface area is 87.1 Å². The Kier molecular flexibility index (Phi) is 4.92. The second kappa shape index (κ2) is 6.00. The van der Waals surface area contributed by atoms with Crippen molar-refractivity contribution in [2.75, 3.05) is 26.2 Å². The minimum Gasteiger partial charge on any atom is -0.311 e. The SMILES string of the molecule is CCCN1CC(C)CNC(CC#N)C1. The zero-order valence-electron chi connectivity index (χ0n) is 9.29. The molecule has 1 N–H and O–H groups in total. The molecule has 1 fully saturated rings. The van der Waals surface area contributed by atoms with Gasteiger partial charge in [0.15, 0.2) is 0 Å². The first-order valence-electron chi connectivity index (χ1n) is 5.59.